The monoisotopic (exact) mass is 248 g/mol. The highest BCUT2D eigenvalue weighted by molar-refractivity contribution is 5.95. The van der Waals surface area contributed by atoms with Crippen LogP contribution in [0.25, 0.3) is 0 Å². The summed E-state index contributed by atoms with van der Waals surface area (Å²) in [6, 6.07) is 5.61. The van der Waals surface area contributed by atoms with Gasteiger partial charge in [-0.3, -0.25) is 4.79 Å². The van der Waals surface area contributed by atoms with Crippen molar-refractivity contribution in [1.29, 1.82) is 0 Å². The average molecular weight is 248 g/mol. The summed E-state index contributed by atoms with van der Waals surface area (Å²) >= 11 is 0. The second-order valence-corrected chi connectivity index (χ2v) is 4.63. The number of amides is 1. The Morgan fingerprint density at radius 2 is 2.22 bits per heavy atom. The first-order chi connectivity index (χ1) is 8.75. The fraction of sp³-hybridized carbons (Fsp3) is 0.462. The summed E-state index contributed by atoms with van der Waals surface area (Å²) in [6.45, 7) is 2.07. The molecule has 0 aromatic heterocycles. The Labute approximate surface area is 106 Å². The van der Waals surface area contributed by atoms with Crippen molar-refractivity contribution in [3.63, 3.8) is 0 Å². The maximum Gasteiger partial charge on any atom is 0.254 e. The molecule has 3 rings (SSSR count). The number of benzene rings is 1. The summed E-state index contributed by atoms with van der Waals surface area (Å²) in [4.78, 5) is 14.1. The number of rotatable bonds is 2. The minimum absolute atomic E-state index is 0.0296. The highest BCUT2D eigenvalue weighted by atomic mass is 16.7. The minimum Gasteiger partial charge on any atom is -0.454 e. The molecule has 0 spiro atoms. The van der Waals surface area contributed by atoms with Gasteiger partial charge in [0, 0.05) is 25.2 Å². The van der Waals surface area contributed by atoms with Crippen molar-refractivity contribution in [1.82, 2.24) is 10.2 Å². The van der Waals surface area contributed by atoms with Crippen molar-refractivity contribution < 1.29 is 14.3 Å². The number of nitrogens with one attached hydrogen (secondary N) is 1. The molecule has 1 fully saturated rings. The van der Waals surface area contributed by atoms with Crippen LogP contribution in [-0.2, 0) is 0 Å². The molecule has 1 atom stereocenters. The zero-order valence-corrected chi connectivity index (χ0v) is 10.3. The van der Waals surface area contributed by atoms with E-state index in [1.54, 1.807) is 23.1 Å². The molecule has 0 radical (unpaired) electrons. The number of hydrogen-bond donors (Lipinski definition) is 1. The van der Waals surface area contributed by atoms with E-state index >= 15 is 0 Å². The van der Waals surface area contributed by atoms with Crippen LogP contribution in [0.1, 0.15) is 16.8 Å². The molecule has 0 aliphatic carbocycles. The van der Waals surface area contributed by atoms with E-state index in [2.05, 4.69) is 5.32 Å². The normalized spacial score (nSPS) is 21.1. The predicted molar refractivity (Wildman–Crippen MR) is 65.9 cm³/mol. The third-order valence-corrected chi connectivity index (χ3v) is 3.52. The Kier molecular flexibility index (Phi) is 2.83. The van der Waals surface area contributed by atoms with Gasteiger partial charge in [-0.15, -0.1) is 0 Å². The molecule has 2 aliphatic rings. The molecule has 1 N–H and O–H groups in total. The van der Waals surface area contributed by atoms with Crippen molar-refractivity contribution in [3.05, 3.63) is 23.8 Å². The topological polar surface area (TPSA) is 50.8 Å². The molecule has 18 heavy (non-hydrogen) atoms. The molecule has 5 heteroatoms. The van der Waals surface area contributed by atoms with E-state index in [9.17, 15) is 4.79 Å². The van der Waals surface area contributed by atoms with Crippen LogP contribution in [-0.4, -0.2) is 43.8 Å². The third-order valence-electron chi connectivity index (χ3n) is 3.52. The summed E-state index contributed by atoms with van der Waals surface area (Å²) in [5, 5.41) is 3.26. The molecule has 1 saturated heterocycles. The second-order valence-electron chi connectivity index (χ2n) is 4.63. The number of ether oxygens (including phenoxy) is 2. The SMILES string of the molecule is CN(C(=O)c1ccc2c(c1)OCO2)[C@@H]1CCNC1. The molecule has 5 nitrogen and oxygen atoms in total. The van der Waals surface area contributed by atoms with Crippen molar-refractivity contribution in [2.24, 2.45) is 0 Å². The summed E-state index contributed by atoms with van der Waals surface area (Å²) in [5.41, 5.74) is 0.647. The molecule has 1 aromatic rings. The quantitative estimate of drug-likeness (QED) is 0.843. The van der Waals surface area contributed by atoms with E-state index in [1.165, 1.54) is 0 Å². The standard InChI is InChI=1S/C13H16N2O3/c1-15(10-4-5-14-7-10)13(16)9-2-3-11-12(6-9)18-8-17-11/h2-3,6,10,14H,4-5,7-8H2,1H3/t10-/m1/s1. The van der Waals surface area contributed by atoms with Gasteiger partial charge in [-0.05, 0) is 31.2 Å². The summed E-state index contributed by atoms with van der Waals surface area (Å²) in [5.74, 6) is 1.39. The largest absolute Gasteiger partial charge is 0.454 e. The molecule has 0 unspecified atom stereocenters. The lowest BCUT2D eigenvalue weighted by molar-refractivity contribution is 0.0743. The van der Waals surface area contributed by atoms with Crippen molar-refractivity contribution in [3.8, 4) is 11.5 Å². The van der Waals surface area contributed by atoms with E-state index in [0.29, 0.717) is 17.1 Å². The molecular formula is C13H16N2O3. The van der Waals surface area contributed by atoms with Gasteiger partial charge in [0.15, 0.2) is 11.5 Å². The Bertz CT molecular complexity index is 469. The molecule has 1 amide bonds. The lowest BCUT2D eigenvalue weighted by Gasteiger charge is -2.23. The smallest absolute Gasteiger partial charge is 0.254 e. The van der Waals surface area contributed by atoms with Crippen molar-refractivity contribution in [2.75, 3.05) is 26.9 Å². The first-order valence-electron chi connectivity index (χ1n) is 6.13. The summed E-state index contributed by atoms with van der Waals surface area (Å²) in [7, 11) is 1.85. The van der Waals surface area contributed by atoms with Crippen molar-refractivity contribution >= 4 is 5.91 Å². The van der Waals surface area contributed by atoms with Crippen molar-refractivity contribution in [2.45, 2.75) is 12.5 Å². The minimum atomic E-state index is 0.0296. The zero-order valence-electron chi connectivity index (χ0n) is 10.3. The third kappa shape index (κ3) is 1.90. The maximum absolute atomic E-state index is 12.3. The Balaban J connectivity index is 1.79. The average Bonchev–Trinajstić information content (AvgIpc) is 3.06. The molecule has 0 saturated carbocycles. The van der Waals surface area contributed by atoms with Gasteiger partial charge in [0.2, 0.25) is 6.79 Å². The van der Waals surface area contributed by atoms with E-state index in [1.807, 2.05) is 7.05 Å². The van der Waals surface area contributed by atoms with E-state index in [0.717, 1.165) is 19.5 Å². The molecule has 0 bridgehead atoms. The van der Waals surface area contributed by atoms with E-state index in [-0.39, 0.29) is 18.7 Å². The van der Waals surface area contributed by atoms with Crippen LogP contribution in [0.4, 0.5) is 0 Å². The van der Waals surface area contributed by atoms with Crippen LogP contribution >= 0.6 is 0 Å². The highest BCUT2D eigenvalue weighted by Crippen LogP contribution is 2.32. The number of carbonyl (C=O) groups excluding carboxylic acids is 1. The van der Waals surface area contributed by atoms with Gasteiger partial charge in [0.25, 0.3) is 5.91 Å². The number of nitrogens with zero attached hydrogens (tertiary/aromatic N) is 1. The predicted octanol–water partition coefficient (Wildman–Crippen LogP) is 0.849. The van der Waals surface area contributed by atoms with Crippen LogP contribution in [0.2, 0.25) is 0 Å². The molecule has 2 aliphatic heterocycles. The molecule has 2 heterocycles. The van der Waals surface area contributed by atoms with E-state index in [4.69, 9.17) is 9.47 Å². The molecule has 1 aromatic carbocycles. The molecule has 96 valence electrons. The lowest BCUT2D eigenvalue weighted by atomic mass is 10.1. The Morgan fingerprint density at radius 3 is 3.00 bits per heavy atom. The van der Waals surface area contributed by atoms with Gasteiger partial charge in [-0.2, -0.15) is 0 Å². The fourth-order valence-electron chi connectivity index (χ4n) is 2.37. The van der Waals surface area contributed by atoms with Gasteiger partial charge < -0.3 is 19.7 Å². The first kappa shape index (κ1) is 11.3. The van der Waals surface area contributed by atoms with Gasteiger partial charge >= 0.3 is 0 Å². The Hall–Kier alpha value is -1.75. The highest BCUT2D eigenvalue weighted by Gasteiger charge is 2.25. The molecular weight excluding hydrogens is 232 g/mol. The van der Waals surface area contributed by atoms with Crippen LogP contribution in [0, 0.1) is 0 Å². The van der Waals surface area contributed by atoms with Crippen LogP contribution in [0.15, 0.2) is 18.2 Å². The number of likely N-dealkylation sites (N-methyl/N-ethyl adjacent to an activating group) is 1. The van der Waals surface area contributed by atoms with Gasteiger partial charge in [-0.1, -0.05) is 0 Å². The first-order valence-corrected chi connectivity index (χ1v) is 6.13. The van der Waals surface area contributed by atoms with Gasteiger partial charge in [0.05, 0.1) is 0 Å². The summed E-state index contributed by atoms with van der Waals surface area (Å²) < 4.78 is 10.5. The van der Waals surface area contributed by atoms with Gasteiger partial charge in [-0.25, -0.2) is 0 Å². The zero-order chi connectivity index (χ0) is 12.5. The second kappa shape index (κ2) is 4.49. The maximum atomic E-state index is 12.3. The fourth-order valence-corrected chi connectivity index (χ4v) is 2.37. The number of hydrogen-bond acceptors (Lipinski definition) is 4. The van der Waals surface area contributed by atoms with Crippen LogP contribution in [0.5, 0.6) is 11.5 Å². The summed E-state index contributed by atoms with van der Waals surface area (Å²) in [6.07, 6.45) is 1.01. The number of carbonyl (C=O) groups is 1. The van der Waals surface area contributed by atoms with Crippen LogP contribution in [0.3, 0.4) is 0 Å². The van der Waals surface area contributed by atoms with Gasteiger partial charge in [0.1, 0.15) is 0 Å². The number of fused-ring (bicyclic) bond motifs is 1. The van der Waals surface area contributed by atoms with E-state index < -0.39 is 0 Å². The Morgan fingerprint density at radius 1 is 1.39 bits per heavy atom. The van der Waals surface area contributed by atoms with Crippen LogP contribution < -0.4 is 14.8 Å². The lowest BCUT2D eigenvalue weighted by Crippen LogP contribution is -2.38.